The maximum absolute atomic E-state index is 13.7. The quantitative estimate of drug-likeness (QED) is 0.332. The van der Waals surface area contributed by atoms with Crippen molar-refractivity contribution < 1.29 is 23.8 Å². The van der Waals surface area contributed by atoms with E-state index in [1.54, 1.807) is 57.4 Å². The van der Waals surface area contributed by atoms with Crippen molar-refractivity contribution in [1.82, 2.24) is 4.57 Å². The number of fused-ring (bicyclic) bond motifs is 1. The number of rotatable bonds is 6. The van der Waals surface area contributed by atoms with Crippen LogP contribution < -0.4 is 24.4 Å². The van der Waals surface area contributed by atoms with Gasteiger partial charge < -0.3 is 14.2 Å². The Balaban J connectivity index is 1.95. The molecule has 0 N–H and O–H groups in total. The van der Waals surface area contributed by atoms with E-state index in [2.05, 4.69) is 20.9 Å². The molecule has 10 heteroatoms. The molecular formula is C26H23BrN2O6S. The summed E-state index contributed by atoms with van der Waals surface area (Å²) >= 11 is 4.61. The molecule has 2 aromatic carbocycles. The number of thiazole rings is 1. The van der Waals surface area contributed by atoms with Gasteiger partial charge in [-0.15, -0.1) is 0 Å². The molecule has 0 spiro atoms. The van der Waals surface area contributed by atoms with E-state index in [4.69, 9.17) is 14.2 Å². The lowest BCUT2D eigenvalue weighted by atomic mass is 9.96. The minimum absolute atomic E-state index is 0.192. The van der Waals surface area contributed by atoms with Gasteiger partial charge in [0.25, 0.3) is 5.56 Å². The third kappa shape index (κ3) is 5.05. The molecule has 0 fully saturated rings. The zero-order valence-corrected chi connectivity index (χ0v) is 22.4. The van der Waals surface area contributed by atoms with Crippen LogP contribution in [-0.4, -0.2) is 30.2 Å². The fourth-order valence-electron chi connectivity index (χ4n) is 3.91. The molecular weight excluding hydrogens is 548 g/mol. The maximum atomic E-state index is 13.7. The number of ether oxygens (including phenoxy) is 3. The first kappa shape index (κ1) is 25.6. The second kappa shape index (κ2) is 10.6. The number of halogens is 1. The summed E-state index contributed by atoms with van der Waals surface area (Å²) in [5, 5.41) is 0. The molecule has 0 saturated heterocycles. The van der Waals surface area contributed by atoms with E-state index in [0.29, 0.717) is 43.2 Å². The van der Waals surface area contributed by atoms with Gasteiger partial charge in [0.2, 0.25) is 0 Å². The van der Waals surface area contributed by atoms with Gasteiger partial charge in [-0.2, -0.15) is 0 Å². The Kier molecular flexibility index (Phi) is 7.56. The summed E-state index contributed by atoms with van der Waals surface area (Å²) in [5.74, 6) is -0.0237. The van der Waals surface area contributed by atoms with E-state index in [1.807, 2.05) is 12.1 Å². The number of methoxy groups -OCH3 is 1. The highest BCUT2D eigenvalue weighted by Crippen LogP contribution is 2.31. The molecule has 0 unspecified atom stereocenters. The van der Waals surface area contributed by atoms with Gasteiger partial charge in [-0.3, -0.25) is 14.2 Å². The maximum Gasteiger partial charge on any atom is 0.338 e. The van der Waals surface area contributed by atoms with Gasteiger partial charge in [-0.05, 0) is 55.8 Å². The Morgan fingerprint density at radius 2 is 1.92 bits per heavy atom. The molecule has 3 aromatic rings. The van der Waals surface area contributed by atoms with Crippen molar-refractivity contribution in [3.8, 4) is 11.5 Å². The highest BCUT2D eigenvalue weighted by molar-refractivity contribution is 9.10. The fraction of sp³-hybridized carbons (Fsp3) is 0.231. The van der Waals surface area contributed by atoms with Gasteiger partial charge >= 0.3 is 11.9 Å². The van der Waals surface area contributed by atoms with E-state index < -0.39 is 18.0 Å². The molecule has 0 amide bonds. The molecule has 1 atom stereocenters. The van der Waals surface area contributed by atoms with Crippen LogP contribution in [0.2, 0.25) is 0 Å². The first-order chi connectivity index (χ1) is 17.2. The average molecular weight is 571 g/mol. The first-order valence-electron chi connectivity index (χ1n) is 11.0. The molecule has 4 rings (SSSR count). The minimum atomic E-state index is -0.733. The number of esters is 2. The third-order valence-electron chi connectivity index (χ3n) is 5.46. The van der Waals surface area contributed by atoms with Crippen molar-refractivity contribution in [2.45, 2.75) is 26.8 Å². The van der Waals surface area contributed by atoms with Gasteiger partial charge in [0.1, 0.15) is 11.5 Å². The lowest BCUT2D eigenvalue weighted by Gasteiger charge is -2.24. The summed E-state index contributed by atoms with van der Waals surface area (Å²) in [6.45, 7) is 4.96. The largest absolute Gasteiger partial charge is 0.497 e. The molecule has 0 aliphatic carbocycles. The van der Waals surface area contributed by atoms with E-state index in [0.717, 1.165) is 4.47 Å². The lowest BCUT2D eigenvalue weighted by Crippen LogP contribution is -2.39. The molecule has 1 aliphatic rings. The Labute approximate surface area is 219 Å². The number of carbonyl (C=O) groups is 2. The molecule has 36 heavy (non-hydrogen) atoms. The van der Waals surface area contributed by atoms with E-state index >= 15 is 0 Å². The zero-order chi connectivity index (χ0) is 26.0. The molecule has 0 bridgehead atoms. The molecule has 0 radical (unpaired) electrons. The third-order valence-corrected chi connectivity index (χ3v) is 6.94. The Bertz CT molecular complexity index is 1550. The first-order valence-corrected chi connectivity index (χ1v) is 12.7. The molecule has 1 aliphatic heterocycles. The van der Waals surface area contributed by atoms with Gasteiger partial charge in [-0.25, -0.2) is 9.79 Å². The summed E-state index contributed by atoms with van der Waals surface area (Å²) in [7, 11) is 1.57. The van der Waals surface area contributed by atoms with E-state index in [-0.39, 0.29) is 12.2 Å². The monoisotopic (exact) mass is 570 g/mol. The average Bonchev–Trinajstić information content (AvgIpc) is 3.14. The van der Waals surface area contributed by atoms with Crippen molar-refractivity contribution in [3.05, 3.63) is 89.0 Å². The number of aromatic nitrogens is 1. The zero-order valence-electron chi connectivity index (χ0n) is 20.0. The van der Waals surface area contributed by atoms with E-state index in [9.17, 15) is 14.4 Å². The predicted octanol–water partition coefficient (Wildman–Crippen LogP) is 3.49. The van der Waals surface area contributed by atoms with E-state index in [1.165, 1.54) is 22.8 Å². The number of carbonyl (C=O) groups excluding carboxylic acids is 2. The van der Waals surface area contributed by atoms with Crippen LogP contribution in [0.4, 0.5) is 0 Å². The summed E-state index contributed by atoms with van der Waals surface area (Å²) in [5.41, 5.74) is 1.70. The van der Waals surface area contributed by atoms with Crippen molar-refractivity contribution >= 4 is 45.3 Å². The normalized spacial score (nSPS) is 15.2. The standard InChI is InChI=1S/C26H23BrN2O6S/c1-5-34-25(32)22-14(2)28-26-29(23(22)16-6-9-19(33-4)10-7-16)24(31)21(36-26)13-17-12-18(27)8-11-20(17)35-15(3)30/h6-13,23H,5H2,1-4H3/b21-13+/t23-/m0/s1. The van der Waals surface area contributed by atoms with Gasteiger partial charge in [0, 0.05) is 17.0 Å². The Hall–Kier alpha value is -3.50. The molecule has 1 aromatic heterocycles. The van der Waals surface area contributed by atoms with Crippen LogP contribution in [0.1, 0.15) is 37.9 Å². The molecule has 8 nitrogen and oxygen atoms in total. The second-order valence-corrected chi connectivity index (χ2v) is 9.78. The lowest BCUT2D eigenvalue weighted by molar-refractivity contribution is -0.139. The molecule has 186 valence electrons. The van der Waals surface area contributed by atoms with Gasteiger partial charge in [0.05, 0.1) is 35.6 Å². The van der Waals surface area contributed by atoms with Crippen LogP contribution in [-0.2, 0) is 14.3 Å². The topological polar surface area (TPSA) is 96.2 Å². The SMILES string of the molecule is CCOC(=O)C1=C(C)N=c2s/c(=C/c3cc(Br)ccc3OC(C)=O)c(=O)n2[C@H]1c1ccc(OC)cc1. The highest BCUT2D eigenvalue weighted by atomic mass is 79.9. The summed E-state index contributed by atoms with van der Waals surface area (Å²) in [6, 6.07) is 11.6. The smallest absolute Gasteiger partial charge is 0.338 e. The van der Waals surface area contributed by atoms with Gasteiger partial charge in [-0.1, -0.05) is 39.4 Å². The minimum Gasteiger partial charge on any atom is -0.497 e. The van der Waals surface area contributed by atoms with Crippen LogP contribution in [0, 0.1) is 0 Å². The van der Waals surface area contributed by atoms with Crippen molar-refractivity contribution in [2.24, 2.45) is 4.99 Å². The molecule has 2 heterocycles. The summed E-state index contributed by atoms with van der Waals surface area (Å²) in [6.07, 6.45) is 1.65. The van der Waals surface area contributed by atoms with Gasteiger partial charge in [0.15, 0.2) is 4.80 Å². The highest BCUT2D eigenvalue weighted by Gasteiger charge is 2.33. The van der Waals surface area contributed by atoms with Crippen LogP contribution in [0.5, 0.6) is 11.5 Å². The summed E-state index contributed by atoms with van der Waals surface area (Å²) < 4.78 is 18.5. The van der Waals surface area contributed by atoms with Crippen molar-refractivity contribution in [2.75, 3.05) is 13.7 Å². The van der Waals surface area contributed by atoms with Crippen LogP contribution in [0.15, 0.2) is 68.0 Å². The Morgan fingerprint density at radius 1 is 1.19 bits per heavy atom. The number of hydrogen-bond donors (Lipinski definition) is 0. The predicted molar refractivity (Wildman–Crippen MR) is 139 cm³/mol. The van der Waals surface area contributed by atoms with Crippen molar-refractivity contribution in [1.29, 1.82) is 0 Å². The fourth-order valence-corrected chi connectivity index (χ4v) is 5.33. The van der Waals surface area contributed by atoms with Crippen LogP contribution >= 0.6 is 27.3 Å². The number of nitrogens with zero attached hydrogens (tertiary/aromatic N) is 2. The number of hydrogen-bond acceptors (Lipinski definition) is 8. The second-order valence-electron chi connectivity index (χ2n) is 7.85. The Morgan fingerprint density at radius 3 is 2.56 bits per heavy atom. The number of allylic oxidation sites excluding steroid dienone is 1. The summed E-state index contributed by atoms with van der Waals surface area (Å²) in [4.78, 5) is 43.3. The van der Waals surface area contributed by atoms with Crippen molar-refractivity contribution in [3.63, 3.8) is 0 Å². The molecule has 0 saturated carbocycles. The van der Waals surface area contributed by atoms with Crippen LogP contribution in [0.25, 0.3) is 6.08 Å². The van der Waals surface area contributed by atoms with Crippen LogP contribution in [0.3, 0.4) is 0 Å². The number of benzene rings is 2.